The second-order valence-electron chi connectivity index (χ2n) is 24.1. The summed E-state index contributed by atoms with van der Waals surface area (Å²) in [7, 11) is 2.12. The van der Waals surface area contributed by atoms with Gasteiger partial charge in [0.1, 0.15) is 23.1 Å². The number of carbonyl (C=O) groups excluding carboxylic acids is 4. The maximum atomic E-state index is 13.6. The molecule has 0 saturated heterocycles. The predicted octanol–water partition coefficient (Wildman–Crippen LogP) is 14.1. The lowest BCUT2D eigenvalue weighted by Gasteiger charge is -2.33. The van der Waals surface area contributed by atoms with Gasteiger partial charge in [-0.25, -0.2) is 0 Å². The van der Waals surface area contributed by atoms with E-state index in [2.05, 4.69) is 133 Å². The van der Waals surface area contributed by atoms with Crippen molar-refractivity contribution >= 4 is 69.5 Å². The number of ketones is 4. The van der Waals surface area contributed by atoms with Crippen molar-refractivity contribution in [3.8, 4) is 0 Å². The average Bonchev–Trinajstić information content (AvgIpc) is 0.819. The molecule has 3 N–H and O–H groups in total. The van der Waals surface area contributed by atoms with Gasteiger partial charge in [-0.1, -0.05) is 134 Å². The largest absolute Gasteiger partial charge is 0.379 e. The van der Waals surface area contributed by atoms with E-state index in [-0.39, 0.29) is 67.6 Å². The Bertz CT molecular complexity index is 2740. The molecule has 0 spiro atoms. The van der Waals surface area contributed by atoms with Crippen LogP contribution in [-0.2, 0) is 73.8 Å². The molecule has 0 amide bonds. The van der Waals surface area contributed by atoms with Crippen LogP contribution in [-0.4, -0.2) is 152 Å². The van der Waals surface area contributed by atoms with Crippen LogP contribution in [0.25, 0.3) is 0 Å². The van der Waals surface area contributed by atoms with Gasteiger partial charge in [0, 0.05) is 144 Å². The molecule has 508 valence electrons. The van der Waals surface area contributed by atoms with Gasteiger partial charge >= 0.3 is 0 Å². The first-order valence-electron chi connectivity index (χ1n) is 33.2. The fourth-order valence-corrected chi connectivity index (χ4v) is 12.2. The Morgan fingerprint density at radius 2 is 0.946 bits per heavy atom. The molecule has 0 radical (unpaired) electrons. The van der Waals surface area contributed by atoms with E-state index >= 15 is 0 Å². The highest BCUT2D eigenvalue weighted by atomic mass is 35.5. The van der Waals surface area contributed by atoms with Crippen LogP contribution < -0.4 is 16.0 Å². The third-order valence-corrected chi connectivity index (χ3v) is 17.7. The van der Waals surface area contributed by atoms with Gasteiger partial charge in [0.25, 0.3) is 0 Å². The summed E-state index contributed by atoms with van der Waals surface area (Å²) in [6.07, 6.45) is 12.1. The molecule has 0 aliphatic carbocycles. The van der Waals surface area contributed by atoms with Crippen LogP contribution in [0.2, 0.25) is 10.0 Å². The molecule has 4 aromatic rings. The average molecular weight is 1350 g/mol. The van der Waals surface area contributed by atoms with Crippen molar-refractivity contribution in [2.24, 2.45) is 5.41 Å². The highest BCUT2D eigenvalue weighted by Crippen LogP contribution is 2.40. The van der Waals surface area contributed by atoms with Gasteiger partial charge in [0.15, 0.2) is 0 Å². The van der Waals surface area contributed by atoms with E-state index in [0.717, 1.165) is 31.7 Å². The number of halogens is 4. The van der Waals surface area contributed by atoms with Crippen LogP contribution in [0.15, 0.2) is 109 Å². The van der Waals surface area contributed by atoms with Crippen LogP contribution in [0.5, 0.6) is 0 Å². The third kappa shape index (κ3) is 31.6. The molecular weight excluding hydrogens is 1250 g/mol. The number of Topliss-reactive ketones (excluding diaryl/α,β-unsaturated/α-hetero) is 4. The second kappa shape index (κ2) is 46.8. The Morgan fingerprint density at radius 1 is 0.543 bits per heavy atom. The monoisotopic (exact) mass is 1350 g/mol. The number of nitrogens with one attached hydrogen (secondary N) is 3. The lowest BCUT2D eigenvalue weighted by Crippen LogP contribution is -2.32. The zero-order valence-electron chi connectivity index (χ0n) is 55.2. The quantitative estimate of drug-likeness (QED) is 0.0217. The maximum absolute atomic E-state index is 13.6. The standard InChI is InChI=1S/C74H104Cl4N4O10/c1-57(13-8-30-75)63-18-5-15-60(47-63)52-79-32-38-90-44-41-87-35-10-21-67(84)24-27-74(59(3)83,28-25-68(85)22-11-36-88-42-45-91-39-33-80-53-61-16-6-19-64(48-61)58(2)14-9-31-76)29-26-69(86)23-12-37-89-43-46-92-40-34-81-54-62-17-7-20-65(49-62)71-55-82(4)56-72-70(71)50-66(77)51-73(72)78/h5-9,13-20,47-51,57-58,71,79-81H,10-12,21-46,52-56H2,1-4H3/b13-8+,14-9+/t57-,58-,71+/m1/s1. The molecule has 0 unspecified atom stereocenters. The molecule has 14 nitrogen and oxygen atoms in total. The Balaban J connectivity index is 0.958. The van der Waals surface area contributed by atoms with E-state index in [1.807, 2.05) is 18.2 Å². The lowest BCUT2D eigenvalue weighted by atomic mass is 9.71. The Labute approximate surface area is 569 Å². The summed E-state index contributed by atoms with van der Waals surface area (Å²) in [5.41, 5.74) is 8.69. The minimum atomic E-state index is -0.975. The highest BCUT2D eigenvalue weighted by Gasteiger charge is 2.36. The van der Waals surface area contributed by atoms with E-state index in [9.17, 15) is 19.2 Å². The molecule has 0 bridgehead atoms. The number of ether oxygens (including phenoxy) is 6. The Kier molecular flexibility index (Phi) is 40.0. The van der Waals surface area contributed by atoms with Gasteiger partial charge in [0.05, 0.1) is 59.5 Å². The number of alkyl halides is 2. The lowest BCUT2D eigenvalue weighted by molar-refractivity contribution is -0.130. The first-order chi connectivity index (χ1) is 44.7. The summed E-state index contributed by atoms with van der Waals surface area (Å²) < 4.78 is 34.7. The number of hydrogen-bond donors (Lipinski definition) is 3. The fraction of sp³-hybridized carbons (Fsp3) is 0.568. The summed E-state index contributed by atoms with van der Waals surface area (Å²) in [6, 6.07) is 29.6. The van der Waals surface area contributed by atoms with Crippen molar-refractivity contribution in [1.82, 2.24) is 20.9 Å². The molecule has 18 heteroatoms. The van der Waals surface area contributed by atoms with Gasteiger partial charge in [-0.15, -0.1) is 23.2 Å². The Morgan fingerprint density at radius 3 is 1.36 bits per heavy atom. The van der Waals surface area contributed by atoms with Gasteiger partial charge < -0.3 is 49.3 Å². The number of nitrogens with zero attached hydrogens (tertiary/aromatic N) is 1. The summed E-state index contributed by atoms with van der Waals surface area (Å²) in [5, 5.41) is 11.7. The first kappa shape index (κ1) is 78.5. The number of allylic oxidation sites excluding steroid dienone is 4. The van der Waals surface area contributed by atoms with Crippen molar-refractivity contribution in [3.63, 3.8) is 0 Å². The first-order valence-corrected chi connectivity index (χ1v) is 35.1. The van der Waals surface area contributed by atoms with Crippen LogP contribution in [0.1, 0.15) is 160 Å². The van der Waals surface area contributed by atoms with E-state index in [4.69, 9.17) is 74.8 Å². The molecule has 0 fully saturated rings. The molecule has 1 aliphatic rings. The third-order valence-electron chi connectivity index (χ3n) is 16.8. The number of hydrogen-bond acceptors (Lipinski definition) is 14. The van der Waals surface area contributed by atoms with Crippen LogP contribution in [0.3, 0.4) is 0 Å². The molecular formula is C74H104Cl4N4O10. The normalized spacial score (nSPS) is 14.3. The zero-order valence-corrected chi connectivity index (χ0v) is 58.2. The van der Waals surface area contributed by atoms with Crippen molar-refractivity contribution in [1.29, 1.82) is 0 Å². The van der Waals surface area contributed by atoms with Crippen molar-refractivity contribution in [2.45, 2.75) is 142 Å². The minimum absolute atomic E-state index is 0.0236. The van der Waals surface area contributed by atoms with Gasteiger partial charge in [-0.2, -0.15) is 0 Å². The summed E-state index contributed by atoms with van der Waals surface area (Å²) >= 11 is 24.7. The number of carbonyl (C=O) groups is 4. The van der Waals surface area contributed by atoms with E-state index in [1.54, 1.807) is 0 Å². The smallest absolute Gasteiger partial charge is 0.136 e. The summed E-state index contributed by atoms with van der Waals surface area (Å²) in [4.78, 5) is 55.9. The summed E-state index contributed by atoms with van der Waals surface area (Å²) in [5.74, 6) is 1.76. The number of likely N-dealkylation sites (N-methyl/N-ethyl adjacent to an activating group) is 1. The number of benzene rings is 4. The molecule has 4 aromatic carbocycles. The molecule has 92 heavy (non-hydrogen) atoms. The molecule has 0 saturated carbocycles. The number of fused-ring (bicyclic) bond motifs is 1. The maximum Gasteiger partial charge on any atom is 0.136 e. The fourth-order valence-electron chi connectivity index (χ4n) is 11.4. The zero-order chi connectivity index (χ0) is 66.0. The van der Waals surface area contributed by atoms with E-state index < -0.39 is 5.41 Å². The van der Waals surface area contributed by atoms with Crippen molar-refractivity contribution in [3.05, 3.63) is 164 Å². The minimum Gasteiger partial charge on any atom is -0.379 e. The van der Waals surface area contributed by atoms with Crippen LogP contribution >= 0.6 is 46.4 Å². The molecule has 1 heterocycles. The van der Waals surface area contributed by atoms with Gasteiger partial charge in [-0.05, 0) is 121 Å². The van der Waals surface area contributed by atoms with E-state index in [1.165, 1.54) is 45.9 Å². The number of rotatable bonds is 53. The molecule has 3 atom stereocenters. The van der Waals surface area contributed by atoms with Crippen LogP contribution in [0, 0.1) is 5.41 Å². The van der Waals surface area contributed by atoms with Gasteiger partial charge in [0.2, 0.25) is 0 Å². The molecule has 1 aliphatic heterocycles. The topological polar surface area (TPSA) is 163 Å². The van der Waals surface area contributed by atoms with E-state index in [0.29, 0.717) is 178 Å². The predicted molar refractivity (Wildman–Crippen MR) is 374 cm³/mol. The van der Waals surface area contributed by atoms with Gasteiger partial charge in [-0.3, -0.25) is 19.2 Å². The van der Waals surface area contributed by atoms with Crippen LogP contribution in [0.4, 0.5) is 0 Å². The molecule has 5 rings (SSSR count). The van der Waals surface area contributed by atoms with Crippen molar-refractivity contribution in [2.75, 3.05) is 124 Å². The molecule has 0 aromatic heterocycles. The highest BCUT2D eigenvalue weighted by molar-refractivity contribution is 6.35. The summed E-state index contributed by atoms with van der Waals surface area (Å²) in [6.45, 7) is 17.2. The second-order valence-corrected chi connectivity index (χ2v) is 25.6. The SMILES string of the molecule is CC(=O)C(CCC(=O)CCCOCCOCCNCc1cccc([C@@H]2CN(C)Cc3c(Cl)cc(Cl)cc32)c1)(CCC(=O)CCCOCCOCCNCc1cccc([C@H](C)/C=C/CCl)c1)CCC(=O)CCCOCCOCCNCc1cccc([C@H](C)/C=C/CCl)c1. The Hall–Kier alpha value is -4.20. The van der Waals surface area contributed by atoms with Crippen molar-refractivity contribution < 1.29 is 47.6 Å².